The van der Waals surface area contributed by atoms with Gasteiger partial charge in [-0.3, -0.25) is 4.79 Å². The van der Waals surface area contributed by atoms with Crippen LogP contribution in [0.1, 0.15) is 15.9 Å². The quantitative estimate of drug-likeness (QED) is 0.361. The van der Waals surface area contributed by atoms with Crippen LogP contribution in [0.15, 0.2) is 59.7 Å². The molecule has 1 aromatic heterocycles. The van der Waals surface area contributed by atoms with Crippen molar-refractivity contribution in [2.24, 2.45) is 16.5 Å². The van der Waals surface area contributed by atoms with Crippen molar-refractivity contribution in [1.82, 2.24) is 10.3 Å². The lowest BCUT2D eigenvalue weighted by Crippen LogP contribution is -2.42. The Hall–Kier alpha value is -3.65. The smallest absolute Gasteiger partial charge is 0.326 e. The molecule has 3 rings (SSSR count). The Morgan fingerprint density at radius 3 is 2.52 bits per heavy atom. The standard InChI is InChI=1S/C20H18ClN5O3/c21-15-10-24-17(26-20(22)23)14-9-12(6-7-13(14)15)18(27)25-16(19(28)29)8-11-4-2-1-3-5-11/h1-7,9-10,16H,8H2,(H,25,27)(H,28,29)(H4,22,23,24,26). The molecular weight excluding hydrogens is 394 g/mol. The largest absolute Gasteiger partial charge is 0.480 e. The summed E-state index contributed by atoms with van der Waals surface area (Å²) >= 11 is 6.16. The predicted octanol–water partition coefficient (Wildman–Crippen LogP) is 2.22. The van der Waals surface area contributed by atoms with Gasteiger partial charge in [-0.25, -0.2) is 9.78 Å². The Morgan fingerprint density at radius 2 is 1.86 bits per heavy atom. The molecule has 9 heteroatoms. The van der Waals surface area contributed by atoms with Crippen LogP contribution in [0, 0.1) is 0 Å². The number of aliphatic carboxylic acids is 1. The van der Waals surface area contributed by atoms with Crippen LogP contribution < -0.4 is 16.8 Å². The van der Waals surface area contributed by atoms with Crippen molar-refractivity contribution in [3.63, 3.8) is 0 Å². The molecule has 0 aliphatic heterocycles. The van der Waals surface area contributed by atoms with Gasteiger partial charge in [-0.05, 0) is 17.7 Å². The van der Waals surface area contributed by atoms with Gasteiger partial charge < -0.3 is 21.9 Å². The number of nitrogens with one attached hydrogen (secondary N) is 1. The molecule has 0 spiro atoms. The average Bonchev–Trinajstić information content (AvgIpc) is 2.69. The molecule has 1 atom stereocenters. The summed E-state index contributed by atoms with van der Waals surface area (Å²) in [7, 11) is 0. The molecule has 0 bridgehead atoms. The molecule has 1 amide bonds. The second-order valence-corrected chi connectivity index (χ2v) is 6.69. The van der Waals surface area contributed by atoms with Gasteiger partial charge in [0, 0.05) is 29.0 Å². The molecule has 0 saturated heterocycles. The number of fused-ring (bicyclic) bond motifs is 1. The summed E-state index contributed by atoms with van der Waals surface area (Å²) in [5.41, 5.74) is 11.9. The van der Waals surface area contributed by atoms with Crippen LogP contribution in [0.5, 0.6) is 0 Å². The van der Waals surface area contributed by atoms with Crippen molar-refractivity contribution in [2.75, 3.05) is 0 Å². The Balaban J connectivity index is 1.91. The van der Waals surface area contributed by atoms with E-state index in [0.29, 0.717) is 15.8 Å². The number of benzene rings is 2. The summed E-state index contributed by atoms with van der Waals surface area (Å²) in [4.78, 5) is 32.4. The number of pyridine rings is 1. The first-order chi connectivity index (χ1) is 13.8. The van der Waals surface area contributed by atoms with E-state index in [4.69, 9.17) is 23.1 Å². The first-order valence-corrected chi connectivity index (χ1v) is 8.98. The number of carbonyl (C=O) groups is 2. The fraction of sp³-hybridized carbons (Fsp3) is 0.100. The van der Waals surface area contributed by atoms with E-state index in [1.54, 1.807) is 36.4 Å². The first-order valence-electron chi connectivity index (χ1n) is 8.60. The molecule has 0 fully saturated rings. The van der Waals surface area contributed by atoms with E-state index >= 15 is 0 Å². The van der Waals surface area contributed by atoms with Crippen molar-refractivity contribution in [3.8, 4) is 0 Å². The van der Waals surface area contributed by atoms with Crippen LogP contribution in [0.3, 0.4) is 0 Å². The van der Waals surface area contributed by atoms with Gasteiger partial charge in [-0.2, -0.15) is 4.99 Å². The highest BCUT2D eigenvalue weighted by molar-refractivity contribution is 6.35. The second-order valence-electron chi connectivity index (χ2n) is 6.28. The number of halogens is 1. The molecule has 8 nitrogen and oxygen atoms in total. The normalized spacial score (nSPS) is 11.6. The summed E-state index contributed by atoms with van der Waals surface area (Å²) in [6, 6.07) is 12.7. The third kappa shape index (κ3) is 4.80. The van der Waals surface area contributed by atoms with Gasteiger partial charge in [-0.1, -0.05) is 48.0 Å². The number of aliphatic imine (C=N–C) groups is 1. The zero-order valence-electron chi connectivity index (χ0n) is 15.2. The molecule has 3 aromatic rings. The third-order valence-electron chi connectivity index (χ3n) is 4.20. The fourth-order valence-corrected chi connectivity index (χ4v) is 3.05. The second kappa shape index (κ2) is 8.57. The van der Waals surface area contributed by atoms with Gasteiger partial charge in [0.15, 0.2) is 11.8 Å². The average molecular weight is 412 g/mol. The summed E-state index contributed by atoms with van der Waals surface area (Å²) in [6.07, 6.45) is 1.56. The van der Waals surface area contributed by atoms with E-state index in [0.717, 1.165) is 5.56 Å². The van der Waals surface area contributed by atoms with Crippen LogP contribution in [0.4, 0.5) is 5.82 Å². The Morgan fingerprint density at radius 1 is 1.14 bits per heavy atom. The molecular formula is C20H18ClN5O3. The minimum atomic E-state index is -1.13. The molecule has 2 aromatic carbocycles. The number of nitrogens with zero attached hydrogens (tertiary/aromatic N) is 2. The van der Waals surface area contributed by atoms with E-state index in [1.165, 1.54) is 12.3 Å². The Bertz CT molecular complexity index is 1100. The number of aromatic nitrogens is 1. The topological polar surface area (TPSA) is 144 Å². The van der Waals surface area contributed by atoms with Crippen molar-refractivity contribution in [3.05, 3.63) is 70.9 Å². The lowest BCUT2D eigenvalue weighted by molar-refractivity contribution is -0.139. The number of carboxylic acids is 1. The van der Waals surface area contributed by atoms with Crippen LogP contribution in [0.25, 0.3) is 10.8 Å². The number of rotatable bonds is 6. The van der Waals surface area contributed by atoms with Gasteiger partial charge >= 0.3 is 5.97 Å². The third-order valence-corrected chi connectivity index (χ3v) is 4.50. The number of guanidine groups is 1. The number of amides is 1. The maximum absolute atomic E-state index is 12.7. The Labute approximate surface area is 171 Å². The first kappa shape index (κ1) is 20.1. The number of nitrogens with two attached hydrogens (primary N) is 2. The summed E-state index contributed by atoms with van der Waals surface area (Å²) in [6.45, 7) is 0. The van der Waals surface area contributed by atoms with Gasteiger partial charge in [0.2, 0.25) is 0 Å². The Kier molecular flexibility index (Phi) is 5.94. The molecule has 1 heterocycles. The summed E-state index contributed by atoms with van der Waals surface area (Å²) in [5, 5.41) is 13.5. The molecule has 0 saturated carbocycles. The number of hydrogen-bond acceptors (Lipinski definition) is 4. The number of carbonyl (C=O) groups excluding carboxylic acids is 1. The van der Waals surface area contributed by atoms with Gasteiger partial charge in [-0.15, -0.1) is 0 Å². The maximum atomic E-state index is 12.7. The maximum Gasteiger partial charge on any atom is 0.326 e. The number of hydrogen-bond donors (Lipinski definition) is 4. The van der Waals surface area contributed by atoms with Crippen LogP contribution in [-0.2, 0) is 11.2 Å². The minimum absolute atomic E-state index is 0.155. The van der Waals surface area contributed by atoms with Crippen molar-refractivity contribution >= 4 is 46.0 Å². The molecule has 0 radical (unpaired) electrons. The van der Waals surface area contributed by atoms with E-state index < -0.39 is 17.9 Å². The predicted molar refractivity (Wildman–Crippen MR) is 111 cm³/mol. The van der Waals surface area contributed by atoms with Crippen LogP contribution in [-0.4, -0.2) is 34.0 Å². The highest BCUT2D eigenvalue weighted by Gasteiger charge is 2.21. The van der Waals surface area contributed by atoms with E-state index in [-0.39, 0.29) is 23.8 Å². The molecule has 6 N–H and O–H groups in total. The molecule has 1 unspecified atom stereocenters. The number of carboxylic acid groups (broad SMARTS) is 1. The van der Waals surface area contributed by atoms with Crippen LogP contribution >= 0.6 is 11.6 Å². The summed E-state index contributed by atoms with van der Waals surface area (Å²) in [5.74, 6) is -1.66. The SMILES string of the molecule is NC(N)=Nc1ncc(Cl)c2ccc(C(=O)NC(Cc3ccccc3)C(=O)O)cc12. The molecule has 148 valence electrons. The van der Waals surface area contributed by atoms with Crippen molar-refractivity contribution in [1.29, 1.82) is 0 Å². The highest BCUT2D eigenvalue weighted by Crippen LogP contribution is 2.30. The van der Waals surface area contributed by atoms with Crippen LogP contribution in [0.2, 0.25) is 5.02 Å². The van der Waals surface area contributed by atoms with E-state index in [1.807, 2.05) is 6.07 Å². The lowest BCUT2D eigenvalue weighted by atomic mass is 10.0. The highest BCUT2D eigenvalue weighted by atomic mass is 35.5. The van der Waals surface area contributed by atoms with E-state index in [2.05, 4.69) is 15.3 Å². The van der Waals surface area contributed by atoms with Gasteiger partial charge in [0.1, 0.15) is 6.04 Å². The minimum Gasteiger partial charge on any atom is -0.480 e. The molecule has 0 aliphatic rings. The van der Waals surface area contributed by atoms with E-state index in [9.17, 15) is 14.7 Å². The monoisotopic (exact) mass is 411 g/mol. The zero-order valence-corrected chi connectivity index (χ0v) is 15.9. The molecule has 0 aliphatic carbocycles. The van der Waals surface area contributed by atoms with Crippen molar-refractivity contribution in [2.45, 2.75) is 12.5 Å². The van der Waals surface area contributed by atoms with Gasteiger partial charge in [0.25, 0.3) is 5.91 Å². The summed E-state index contributed by atoms with van der Waals surface area (Å²) < 4.78 is 0. The fourth-order valence-electron chi connectivity index (χ4n) is 2.84. The zero-order chi connectivity index (χ0) is 21.0. The lowest BCUT2D eigenvalue weighted by Gasteiger charge is -2.15. The van der Waals surface area contributed by atoms with Gasteiger partial charge in [0.05, 0.1) is 5.02 Å². The molecule has 29 heavy (non-hydrogen) atoms. The van der Waals surface area contributed by atoms with Crippen molar-refractivity contribution < 1.29 is 14.7 Å².